The number of unbranched alkanes of at least 4 members (excludes halogenated alkanes) is 1. The highest BCUT2D eigenvalue weighted by molar-refractivity contribution is 6.12. The van der Waals surface area contributed by atoms with Gasteiger partial charge >= 0.3 is 5.97 Å². The molecule has 19 heteroatoms. The van der Waals surface area contributed by atoms with E-state index in [4.69, 9.17) is 37.9 Å². The van der Waals surface area contributed by atoms with Gasteiger partial charge in [0.1, 0.15) is 24.0 Å². The third kappa shape index (κ3) is 26.9. The lowest BCUT2D eigenvalue weighted by molar-refractivity contribution is -0.160. The lowest BCUT2D eigenvalue weighted by Gasteiger charge is -2.24. The maximum absolute atomic E-state index is 13.6. The third-order valence-corrected chi connectivity index (χ3v) is 9.57. The standard InChI is InChI=1S/C46H74N4O15/c1-34(30-35(2)45(57)65-46(3,4)5)31-36-12-13-39(51)38(32-36)49-44(56)37(48-40(52)11-9-17-50-42(54)14-15-43(50)55)10-7-8-16-47-41(53)33-64-29-28-63-27-26-62-25-24-61-23-22-60-21-20-59-19-18-58-6/h12-15,32,34-35,37,51H,7-11,16-31,33H2,1-6H3,(H,47,53)(H,48,52)(H,49,56)/t34-,35?,37+/m1/s1. The van der Waals surface area contributed by atoms with E-state index < -0.39 is 35.3 Å². The van der Waals surface area contributed by atoms with Gasteiger partial charge in [0.15, 0.2) is 0 Å². The van der Waals surface area contributed by atoms with Crippen LogP contribution in [-0.2, 0) is 73.1 Å². The molecule has 0 aromatic heterocycles. The Balaban J connectivity index is 1.73. The predicted molar refractivity (Wildman–Crippen MR) is 240 cm³/mol. The number of hydrogen-bond donors (Lipinski definition) is 4. The van der Waals surface area contributed by atoms with E-state index in [0.717, 1.165) is 10.5 Å². The van der Waals surface area contributed by atoms with Gasteiger partial charge in [-0.05, 0) is 82.9 Å². The van der Waals surface area contributed by atoms with Crippen molar-refractivity contribution in [1.29, 1.82) is 0 Å². The SMILES string of the molecule is COCCOCCOCCOCCOCCOCCOCC(=O)NCCCC[C@H](NC(=O)CCCN1C(=O)C=CC1=O)C(=O)Nc1cc(C[C@H](C)CC(C)C(=O)OC(C)(C)C)ccc1O. The van der Waals surface area contributed by atoms with Gasteiger partial charge in [-0.3, -0.25) is 33.7 Å². The molecule has 0 radical (unpaired) electrons. The normalized spacial score (nSPS) is 14.0. The van der Waals surface area contributed by atoms with Crippen LogP contribution < -0.4 is 16.0 Å². The van der Waals surface area contributed by atoms with Gasteiger partial charge in [-0.15, -0.1) is 0 Å². The zero-order chi connectivity index (χ0) is 47.9. The van der Waals surface area contributed by atoms with Crippen LogP contribution in [0.5, 0.6) is 5.75 Å². The molecule has 1 heterocycles. The summed E-state index contributed by atoms with van der Waals surface area (Å²) in [5.41, 5.74) is 0.409. The number of hydrogen-bond acceptors (Lipinski definition) is 15. The van der Waals surface area contributed by atoms with E-state index in [9.17, 15) is 33.9 Å². The summed E-state index contributed by atoms with van der Waals surface area (Å²) in [7, 11) is 1.62. The van der Waals surface area contributed by atoms with Gasteiger partial charge in [-0.25, -0.2) is 0 Å². The molecule has 2 rings (SSSR count). The van der Waals surface area contributed by atoms with Gasteiger partial charge in [0.2, 0.25) is 17.7 Å². The average Bonchev–Trinajstić information content (AvgIpc) is 3.56. The van der Waals surface area contributed by atoms with Crippen molar-refractivity contribution < 1.29 is 71.8 Å². The van der Waals surface area contributed by atoms with Crippen LogP contribution in [0.4, 0.5) is 5.69 Å². The molecule has 0 saturated carbocycles. The van der Waals surface area contributed by atoms with Gasteiger partial charge in [-0.1, -0.05) is 19.9 Å². The molecule has 4 N–H and O–H groups in total. The molecule has 0 spiro atoms. The first kappa shape index (κ1) is 56.6. The summed E-state index contributed by atoms with van der Waals surface area (Å²) in [6.07, 6.45) is 4.79. The number of amides is 5. The second kappa shape index (κ2) is 33.0. The summed E-state index contributed by atoms with van der Waals surface area (Å²) >= 11 is 0. The summed E-state index contributed by atoms with van der Waals surface area (Å²) in [4.78, 5) is 76.4. The van der Waals surface area contributed by atoms with Crippen molar-refractivity contribution in [2.45, 2.75) is 91.2 Å². The lowest BCUT2D eigenvalue weighted by Crippen LogP contribution is -2.44. The highest BCUT2D eigenvalue weighted by atomic mass is 16.6. The molecule has 1 unspecified atom stereocenters. The number of nitrogens with one attached hydrogen (secondary N) is 3. The molecule has 0 aliphatic carbocycles. The minimum Gasteiger partial charge on any atom is -0.506 e. The fraction of sp³-hybridized carbons (Fsp3) is 0.696. The summed E-state index contributed by atoms with van der Waals surface area (Å²) in [6, 6.07) is 3.90. The molecule has 0 bridgehead atoms. The Morgan fingerprint density at radius 3 is 1.85 bits per heavy atom. The van der Waals surface area contributed by atoms with Crippen molar-refractivity contribution in [3.05, 3.63) is 35.9 Å². The first-order chi connectivity index (χ1) is 31.1. The van der Waals surface area contributed by atoms with Crippen LogP contribution in [0.25, 0.3) is 0 Å². The number of imide groups is 1. The number of carbonyl (C=O) groups is 6. The van der Waals surface area contributed by atoms with Crippen molar-refractivity contribution >= 4 is 41.2 Å². The third-order valence-electron chi connectivity index (χ3n) is 9.57. The van der Waals surface area contributed by atoms with Crippen molar-refractivity contribution in [1.82, 2.24) is 15.5 Å². The number of anilines is 1. The molecular formula is C46H74N4O15. The Bertz CT molecular complexity index is 1600. The van der Waals surface area contributed by atoms with Crippen LogP contribution >= 0.6 is 0 Å². The highest BCUT2D eigenvalue weighted by Gasteiger charge is 2.26. The zero-order valence-corrected chi connectivity index (χ0v) is 39.3. The second-order valence-electron chi connectivity index (χ2n) is 16.7. The molecule has 0 fully saturated rings. The van der Waals surface area contributed by atoms with Crippen LogP contribution in [0, 0.1) is 11.8 Å². The summed E-state index contributed by atoms with van der Waals surface area (Å²) < 4.78 is 42.9. The monoisotopic (exact) mass is 923 g/mol. The summed E-state index contributed by atoms with van der Waals surface area (Å²) in [5.74, 6) is -2.88. The second-order valence-corrected chi connectivity index (χ2v) is 16.7. The number of benzene rings is 1. The van der Waals surface area contributed by atoms with Crippen LogP contribution in [0.3, 0.4) is 0 Å². The molecular weight excluding hydrogens is 849 g/mol. The zero-order valence-electron chi connectivity index (χ0n) is 39.3. The summed E-state index contributed by atoms with van der Waals surface area (Å²) in [6.45, 7) is 14.7. The Kier molecular flexibility index (Phi) is 28.8. The van der Waals surface area contributed by atoms with E-state index in [1.54, 1.807) is 19.2 Å². The molecule has 1 aliphatic heterocycles. The Morgan fingerprint density at radius 1 is 0.738 bits per heavy atom. The van der Waals surface area contributed by atoms with E-state index in [0.29, 0.717) is 98.3 Å². The Hall–Kier alpha value is -4.50. The van der Waals surface area contributed by atoms with Crippen molar-refractivity contribution in [2.24, 2.45) is 11.8 Å². The fourth-order valence-electron chi connectivity index (χ4n) is 6.36. The largest absolute Gasteiger partial charge is 0.506 e. The molecule has 65 heavy (non-hydrogen) atoms. The van der Waals surface area contributed by atoms with Crippen LogP contribution in [0.2, 0.25) is 0 Å². The number of nitrogens with zero attached hydrogens (tertiary/aromatic N) is 1. The molecule has 1 aromatic rings. The number of ether oxygens (including phenoxy) is 8. The number of methoxy groups -OCH3 is 1. The maximum atomic E-state index is 13.6. The first-order valence-electron chi connectivity index (χ1n) is 22.5. The minimum absolute atomic E-state index is 0.0452. The van der Waals surface area contributed by atoms with Gasteiger partial charge in [-0.2, -0.15) is 0 Å². The molecule has 1 aromatic carbocycles. The van der Waals surface area contributed by atoms with Crippen molar-refractivity contribution in [2.75, 3.05) is 111 Å². The topological polar surface area (TPSA) is 236 Å². The number of carbonyl (C=O) groups excluding carboxylic acids is 6. The minimum atomic E-state index is -0.999. The lowest BCUT2D eigenvalue weighted by atomic mass is 9.91. The fourth-order valence-corrected chi connectivity index (χ4v) is 6.36. The Labute approximate surface area is 383 Å². The predicted octanol–water partition coefficient (Wildman–Crippen LogP) is 3.10. The average molecular weight is 923 g/mol. The number of aromatic hydroxyl groups is 1. The number of esters is 1. The van der Waals surface area contributed by atoms with Crippen LogP contribution in [0.15, 0.2) is 30.4 Å². The van der Waals surface area contributed by atoms with Crippen molar-refractivity contribution in [3.8, 4) is 5.75 Å². The molecule has 0 saturated heterocycles. The van der Waals surface area contributed by atoms with Crippen LogP contribution in [-0.4, -0.2) is 163 Å². The summed E-state index contributed by atoms with van der Waals surface area (Å²) in [5, 5.41) is 19.0. The molecule has 368 valence electrons. The molecule has 5 amide bonds. The van der Waals surface area contributed by atoms with E-state index >= 15 is 0 Å². The van der Waals surface area contributed by atoms with E-state index in [1.807, 2.05) is 34.6 Å². The first-order valence-corrected chi connectivity index (χ1v) is 22.5. The smallest absolute Gasteiger partial charge is 0.309 e. The van der Waals surface area contributed by atoms with E-state index in [2.05, 4.69) is 16.0 Å². The van der Waals surface area contributed by atoms with Gasteiger partial charge < -0.3 is 59.0 Å². The number of rotatable bonds is 37. The van der Waals surface area contributed by atoms with Gasteiger partial charge in [0.25, 0.3) is 11.8 Å². The van der Waals surface area contributed by atoms with Crippen molar-refractivity contribution in [3.63, 3.8) is 0 Å². The van der Waals surface area contributed by atoms with Gasteiger partial charge in [0, 0.05) is 38.8 Å². The van der Waals surface area contributed by atoms with E-state index in [1.165, 1.54) is 18.2 Å². The van der Waals surface area contributed by atoms with E-state index in [-0.39, 0.29) is 80.8 Å². The number of phenols is 1. The molecule has 19 nitrogen and oxygen atoms in total. The quantitative estimate of drug-likeness (QED) is 0.0325. The maximum Gasteiger partial charge on any atom is 0.309 e. The molecule has 3 atom stereocenters. The molecule has 1 aliphatic rings. The number of phenolic OH excluding ortho intramolecular Hbond substituents is 1. The van der Waals surface area contributed by atoms with Crippen LogP contribution in [0.1, 0.15) is 78.7 Å². The highest BCUT2D eigenvalue weighted by Crippen LogP contribution is 2.28. The Morgan fingerprint density at radius 2 is 1.29 bits per heavy atom. The van der Waals surface area contributed by atoms with Gasteiger partial charge in [0.05, 0.1) is 90.9 Å².